The summed E-state index contributed by atoms with van der Waals surface area (Å²) in [5.41, 5.74) is 7.44. The van der Waals surface area contributed by atoms with E-state index in [1.807, 2.05) is 36.2 Å². The lowest BCUT2D eigenvalue weighted by molar-refractivity contribution is -0.120. The van der Waals surface area contributed by atoms with E-state index in [0.29, 0.717) is 12.6 Å². The number of anilines is 2. The zero-order valence-electron chi connectivity index (χ0n) is 11.6. The van der Waals surface area contributed by atoms with Gasteiger partial charge < -0.3 is 16.0 Å². The average Bonchev–Trinajstić information content (AvgIpc) is 2.39. The van der Waals surface area contributed by atoms with Crippen LogP contribution >= 0.6 is 0 Å². The van der Waals surface area contributed by atoms with Crippen LogP contribution < -0.4 is 16.0 Å². The first-order valence-electron chi connectivity index (χ1n) is 7.01. The average molecular weight is 261 g/mol. The minimum Gasteiger partial charge on any atom is -0.399 e. The van der Waals surface area contributed by atoms with Gasteiger partial charge in [0.2, 0.25) is 5.91 Å². The fourth-order valence-corrected chi connectivity index (χ4v) is 2.59. The Morgan fingerprint density at radius 3 is 2.79 bits per heavy atom. The van der Waals surface area contributed by atoms with Gasteiger partial charge in [-0.15, -0.1) is 0 Å². The Bertz CT molecular complexity index is 427. The van der Waals surface area contributed by atoms with E-state index >= 15 is 0 Å². The van der Waals surface area contributed by atoms with Gasteiger partial charge in [0.25, 0.3) is 0 Å². The molecule has 1 fully saturated rings. The molecule has 0 heterocycles. The molecule has 0 aromatic heterocycles. The topological polar surface area (TPSA) is 58.4 Å². The van der Waals surface area contributed by atoms with Crippen molar-refractivity contribution in [1.29, 1.82) is 0 Å². The van der Waals surface area contributed by atoms with Gasteiger partial charge in [-0.05, 0) is 31.0 Å². The Balaban J connectivity index is 1.84. The molecule has 4 nitrogen and oxygen atoms in total. The Morgan fingerprint density at radius 1 is 1.37 bits per heavy atom. The molecule has 0 radical (unpaired) electrons. The molecule has 0 spiro atoms. The first-order chi connectivity index (χ1) is 9.15. The van der Waals surface area contributed by atoms with Crippen molar-refractivity contribution in [1.82, 2.24) is 5.32 Å². The lowest BCUT2D eigenvalue weighted by atomic mass is 9.95. The zero-order valence-corrected chi connectivity index (χ0v) is 11.6. The third-order valence-electron chi connectivity index (χ3n) is 3.66. The van der Waals surface area contributed by atoms with Crippen LogP contribution in [0.15, 0.2) is 24.3 Å². The van der Waals surface area contributed by atoms with E-state index in [1.54, 1.807) is 0 Å². The first-order valence-corrected chi connectivity index (χ1v) is 7.01. The maximum absolute atomic E-state index is 12.0. The van der Waals surface area contributed by atoms with Crippen LogP contribution in [-0.4, -0.2) is 25.5 Å². The summed E-state index contributed by atoms with van der Waals surface area (Å²) in [5, 5.41) is 3.12. The quantitative estimate of drug-likeness (QED) is 0.817. The largest absolute Gasteiger partial charge is 0.399 e. The van der Waals surface area contributed by atoms with Crippen molar-refractivity contribution in [3.05, 3.63) is 24.3 Å². The fourth-order valence-electron chi connectivity index (χ4n) is 2.59. The molecule has 1 saturated carbocycles. The summed E-state index contributed by atoms with van der Waals surface area (Å²) in [6.07, 6.45) is 6.00. The maximum atomic E-state index is 12.0. The molecule has 0 aliphatic heterocycles. The molecular formula is C15H23N3O. The van der Waals surface area contributed by atoms with Crippen molar-refractivity contribution < 1.29 is 4.79 Å². The van der Waals surface area contributed by atoms with Crippen LogP contribution in [0.4, 0.5) is 11.4 Å². The monoisotopic (exact) mass is 261 g/mol. The maximum Gasteiger partial charge on any atom is 0.239 e. The van der Waals surface area contributed by atoms with Crippen LogP contribution in [0, 0.1) is 0 Å². The summed E-state index contributed by atoms with van der Waals surface area (Å²) < 4.78 is 0. The fraction of sp³-hybridized carbons (Fsp3) is 0.533. The van der Waals surface area contributed by atoms with Gasteiger partial charge >= 0.3 is 0 Å². The smallest absolute Gasteiger partial charge is 0.239 e. The van der Waals surface area contributed by atoms with Crippen molar-refractivity contribution in [3.8, 4) is 0 Å². The van der Waals surface area contributed by atoms with Crippen molar-refractivity contribution in [3.63, 3.8) is 0 Å². The van der Waals surface area contributed by atoms with Crippen molar-refractivity contribution in [2.75, 3.05) is 24.2 Å². The Morgan fingerprint density at radius 2 is 2.11 bits per heavy atom. The number of amides is 1. The highest BCUT2D eigenvalue weighted by atomic mass is 16.2. The van der Waals surface area contributed by atoms with Gasteiger partial charge in [0.1, 0.15) is 0 Å². The number of nitrogen functional groups attached to an aromatic ring is 1. The lowest BCUT2D eigenvalue weighted by Crippen LogP contribution is -2.41. The number of benzene rings is 1. The molecule has 0 atom stereocenters. The lowest BCUT2D eigenvalue weighted by Gasteiger charge is -2.25. The van der Waals surface area contributed by atoms with E-state index in [9.17, 15) is 4.79 Å². The Kier molecular flexibility index (Phi) is 4.66. The minimum absolute atomic E-state index is 0.0943. The highest BCUT2D eigenvalue weighted by Gasteiger charge is 2.16. The number of nitrogens with two attached hydrogens (primary N) is 1. The normalized spacial score (nSPS) is 16.1. The predicted molar refractivity (Wildman–Crippen MR) is 79.1 cm³/mol. The number of carbonyl (C=O) groups excluding carboxylic acids is 1. The van der Waals surface area contributed by atoms with Gasteiger partial charge in [0.15, 0.2) is 0 Å². The molecule has 1 aromatic carbocycles. The van der Waals surface area contributed by atoms with Crippen LogP contribution in [-0.2, 0) is 4.79 Å². The van der Waals surface area contributed by atoms with Gasteiger partial charge in [-0.2, -0.15) is 0 Å². The number of likely N-dealkylation sites (N-methyl/N-ethyl adjacent to an activating group) is 1. The summed E-state index contributed by atoms with van der Waals surface area (Å²) in [6, 6.07) is 7.97. The number of nitrogens with one attached hydrogen (secondary N) is 1. The molecule has 0 unspecified atom stereocenters. The number of rotatable bonds is 4. The van der Waals surface area contributed by atoms with E-state index < -0.39 is 0 Å². The molecule has 19 heavy (non-hydrogen) atoms. The van der Waals surface area contributed by atoms with Crippen LogP contribution in [0.25, 0.3) is 0 Å². The van der Waals surface area contributed by atoms with Crippen LogP contribution in [0.2, 0.25) is 0 Å². The molecule has 1 amide bonds. The van der Waals surface area contributed by atoms with Crippen LogP contribution in [0.3, 0.4) is 0 Å². The third-order valence-corrected chi connectivity index (χ3v) is 3.66. The van der Waals surface area contributed by atoms with E-state index in [4.69, 9.17) is 5.73 Å². The molecule has 1 aromatic rings. The second-order valence-corrected chi connectivity index (χ2v) is 5.35. The standard InChI is InChI=1S/C15H23N3O/c1-18(14-9-5-6-12(16)10-14)11-15(19)17-13-7-3-2-4-8-13/h5-6,9-10,13H,2-4,7-8,11,16H2,1H3,(H,17,19). The Hall–Kier alpha value is -1.71. The number of nitrogens with zero attached hydrogens (tertiary/aromatic N) is 1. The van der Waals surface area contributed by atoms with Gasteiger partial charge in [-0.3, -0.25) is 4.79 Å². The molecule has 2 rings (SSSR count). The van der Waals surface area contributed by atoms with Gasteiger partial charge in [0, 0.05) is 24.5 Å². The van der Waals surface area contributed by atoms with Crippen molar-refractivity contribution in [2.45, 2.75) is 38.1 Å². The molecule has 0 saturated heterocycles. The molecule has 4 heteroatoms. The van der Waals surface area contributed by atoms with Gasteiger partial charge in [0.05, 0.1) is 6.54 Å². The van der Waals surface area contributed by atoms with Crippen molar-refractivity contribution in [2.24, 2.45) is 0 Å². The van der Waals surface area contributed by atoms with Crippen LogP contribution in [0.1, 0.15) is 32.1 Å². The molecular weight excluding hydrogens is 238 g/mol. The van der Waals surface area contributed by atoms with E-state index in [0.717, 1.165) is 24.2 Å². The Labute approximate surface area is 115 Å². The summed E-state index contributed by atoms with van der Waals surface area (Å²) in [6.45, 7) is 0.375. The van der Waals surface area contributed by atoms with Crippen molar-refractivity contribution >= 4 is 17.3 Å². The second kappa shape index (κ2) is 6.45. The van der Waals surface area contributed by atoms with Gasteiger partial charge in [-0.1, -0.05) is 25.3 Å². The highest BCUT2D eigenvalue weighted by molar-refractivity contribution is 5.81. The molecule has 3 N–H and O–H groups in total. The van der Waals surface area contributed by atoms with E-state index in [2.05, 4.69) is 5.32 Å². The highest BCUT2D eigenvalue weighted by Crippen LogP contribution is 2.18. The summed E-state index contributed by atoms with van der Waals surface area (Å²) in [7, 11) is 1.91. The molecule has 1 aliphatic rings. The van der Waals surface area contributed by atoms with Gasteiger partial charge in [-0.25, -0.2) is 0 Å². The SMILES string of the molecule is CN(CC(=O)NC1CCCCC1)c1cccc(N)c1. The molecule has 104 valence electrons. The van der Waals surface area contributed by atoms with E-state index in [1.165, 1.54) is 19.3 Å². The number of hydrogen-bond donors (Lipinski definition) is 2. The first kappa shape index (κ1) is 13.7. The summed E-state index contributed by atoms with van der Waals surface area (Å²) in [5.74, 6) is 0.0943. The summed E-state index contributed by atoms with van der Waals surface area (Å²) >= 11 is 0. The number of carbonyl (C=O) groups is 1. The molecule has 1 aliphatic carbocycles. The summed E-state index contributed by atoms with van der Waals surface area (Å²) in [4.78, 5) is 13.9. The predicted octanol–water partition coefficient (Wildman–Crippen LogP) is 2.15. The zero-order chi connectivity index (χ0) is 13.7. The third kappa shape index (κ3) is 4.16. The second-order valence-electron chi connectivity index (χ2n) is 5.35. The molecule has 0 bridgehead atoms. The number of hydrogen-bond acceptors (Lipinski definition) is 3. The van der Waals surface area contributed by atoms with Crippen LogP contribution in [0.5, 0.6) is 0 Å². The van der Waals surface area contributed by atoms with E-state index in [-0.39, 0.29) is 5.91 Å². The minimum atomic E-state index is 0.0943.